The smallest absolute Gasteiger partial charge is 0.178 e. The quantitative estimate of drug-likeness (QED) is 0.834. The number of ether oxygens (including phenoxy) is 1. The summed E-state index contributed by atoms with van der Waals surface area (Å²) in [5, 5.41) is 8.02. The highest BCUT2D eigenvalue weighted by atomic mass is 127. The number of anilines is 1. The van der Waals surface area contributed by atoms with Gasteiger partial charge in [-0.1, -0.05) is 11.6 Å². The van der Waals surface area contributed by atoms with E-state index < -0.39 is 0 Å². The van der Waals surface area contributed by atoms with Crippen LogP contribution in [0.3, 0.4) is 0 Å². The molecule has 2 aromatic rings. The lowest BCUT2D eigenvalue weighted by molar-refractivity contribution is 0.120. The number of fused-ring (bicyclic) bond motifs is 1. The number of hydrogen-bond donors (Lipinski definition) is 1. The molecule has 18 heavy (non-hydrogen) atoms. The first kappa shape index (κ1) is 12.4. The molecule has 96 valence electrons. The molecule has 0 amide bonds. The van der Waals surface area contributed by atoms with Gasteiger partial charge in [0.15, 0.2) is 10.8 Å². The van der Waals surface area contributed by atoms with Crippen molar-refractivity contribution in [1.29, 1.82) is 0 Å². The van der Waals surface area contributed by atoms with Gasteiger partial charge in [-0.05, 0) is 35.4 Å². The van der Waals surface area contributed by atoms with Crippen LogP contribution in [0.4, 0.5) is 5.69 Å². The Labute approximate surface area is 123 Å². The molecular formula is C11H12ClIN4O. The van der Waals surface area contributed by atoms with Gasteiger partial charge in [0.25, 0.3) is 0 Å². The predicted octanol–water partition coefficient (Wildman–Crippen LogP) is 2.58. The Hall–Kier alpha value is -0.600. The maximum Gasteiger partial charge on any atom is 0.178 e. The molecule has 3 heterocycles. The Balaban J connectivity index is 1.85. The van der Waals surface area contributed by atoms with Gasteiger partial charge < -0.3 is 10.1 Å². The van der Waals surface area contributed by atoms with E-state index in [9.17, 15) is 0 Å². The van der Waals surface area contributed by atoms with Crippen LogP contribution in [0.1, 0.15) is 12.8 Å². The molecule has 5 nitrogen and oxygen atoms in total. The van der Waals surface area contributed by atoms with E-state index in [1.54, 1.807) is 16.8 Å². The van der Waals surface area contributed by atoms with Crippen molar-refractivity contribution in [2.45, 2.75) is 18.9 Å². The molecule has 1 saturated heterocycles. The Morgan fingerprint density at radius 2 is 2.50 bits per heavy atom. The number of hydrogen-bond acceptors (Lipinski definition) is 4. The highest BCUT2D eigenvalue weighted by Crippen LogP contribution is 2.22. The third-order valence-corrected chi connectivity index (χ3v) is 3.86. The Morgan fingerprint density at radius 1 is 1.61 bits per heavy atom. The zero-order chi connectivity index (χ0) is 12.5. The van der Waals surface area contributed by atoms with Gasteiger partial charge >= 0.3 is 0 Å². The van der Waals surface area contributed by atoms with E-state index >= 15 is 0 Å². The second-order valence-corrected chi connectivity index (χ2v) is 5.71. The SMILES string of the molecule is Clc1cc(NCC2CCCO2)c2ncc(I)n2n1. The van der Waals surface area contributed by atoms with Crippen molar-refractivity contribution in [3.05, 3.63) is 21.1 Å². The molecular weight excluding hydrogens is 367 g/mol. The van der Waals surface area contributed by atoms with Crippen LogP contribution in [0, 0.1) is 3.70 Å². The summed E-state index contributed by atoms with van der Waals surface area (Å²) in [5.74, 6) is 0. The highest BCUT2D eigenvalue weighted by molar-refractivity contribution is 14.1. The third-order valence-electron chi connectivity index (χ3n) is 2.94. The molecule has 1 fully saturated rings. The van der Waals surface area contributed by atoms with Crippen LogP contribution in [0.15, 0.2) is 12.3 Å². The fraction of sp³-hybridized carbons (Fsp3) is 0.455. The van der Waals surface area contributed by atoms with Gasteiger partial charge in [0.2, 0.25) is 0 Å². The zero-order valence-electron chi connectivity index (χ0n) is 9.57. The average molecular weight is 379 g/mol. The topological polar surface area (TPSA) is 51.5 Å². The largest absolute Gasteiger partial charge is 0.379 e. The van der Waals surface area contributed by atoms with Gasteiger partial charge in [-0.2, -0.15) is 5.10 Å². The minimum absolute atomic E-state index is 0.283. The van der Waals surface area contributed by atoms with Crippen molar-refractivity contribution in [1.82, 2.24) is 14.6 Å². The average Bonchev–Trinajstić information content (AvgIpc) is 2.97. The Bertz CT molecular complexity index is 567. The molecule has 0 saturated carbocycles. The second kappa shape index (κ2) is 5.18. The maximum atomic E-state index is 6.01. The first-order valence-corrected chi connectivity index (χ1v) is 7.25. The van der Waals surface area contributed by atoms with Gasteiger partial charge in [-0.25, -0.2) is 9.50 Å². The molecule has 1 aliphatic heterocycles. The number of nitrogens with one attached hydrogen (secondary N) is 1. The van der Waals surface area contributed by atoms with Gasteiger partial charge in [0.1, 0.15) is 3.70 Å². The molecule has 7 heteroatoms. The van der Waals surface area contributed by atoms with Crippen LogP contribution >= 0.6 is 34.2 Å². The molecule has 2 aromatic heterocycles. The highest BCUT2D eigenvalue weighted by Gasteiger charge is 2.16. The first-order valence-electron chi connectivity index (χ1n) is 5.79. The van der Waals surface area contributed by atoms with Crippen molar-refractivity contribution in [3.8, 4) is 0 Å². The third kappa shape index (κ3) is 2.41. The van der Waals surface area contributed by atoms with Crippen molar-refractivity contribution in [3.63, 3.8) is 0 Å². The lowest BCUT2D eigenvalue weighted by atomic mass is 10.2. The molecule has 0 spiro atoms. The van der Waals surface area contributed by atoms with Gasteiger partial charge in [-0.15, -0.1) is 0 Å². The summed E-state index contributed by atoms with van der Waals surface area (Å²) < 4.78 is 8.25. The van der Waals surface area contributed by atoms with Crippen molar-refractivity contribution in [2.24, 2.45) is 0 Å². The summed E-state index contributed by atoms with van der Waals surface area (Å²) in [6.07, 6.45) is 4.30. The Kier molecular flexibility index (Phi) is 3.58. The van der Waals surface area contributed by atoms with E-state index in [1.165, 1.54) is 0 Å². The van der Waals surface area contributed by atoms with Crippen LogP contribution in [0.2, 0.25) is 5.15 Å². The van der Waals surface area contributed by atoms with Crippen LogP contribution in [-0.4, -0.2) is 33.9 Å². The fourth-order valence-corrected chi connectivity index (χ4v) is 2.73. The van der Waals surface area contributed by atoms with Crippen molar-refractivity contribution in [2.75, 3.05) is 18.5 Å². The monoisotopic (exact) mass is 378 g/mol. The van der Waals surface area contributed by atoms with Crippen molar-refractivity contribution >= 4 is 45.5 Å². The maximum absolute atomic E-state index is 6.01. The lowest BCUT2D eigenvalue weighted by Crippen LogP contribution is -2.19. The van der Waals surface area contributed by atoms with Crippen LogP contribution < -0.4 is 5.32 Å². The molecule has 3 rings (SSSR count). The second-order valence-electron chi connectivity index (χ2n) is 4.21. The minimum Gasteiger partial charge on any atom is -0.379 e. The summed E-state index contributed by atoms with van der Waals surface area (Å²) in [7, 11) is 0. The first-order chi connectivity index (χ1) is 8.74. The van der Waals surface area contributed by atoms with E-state index in [0.717, 1.165) is 41.0 Å². The number of rotatable bonds is 3. The van der Waals surface area contributed by atoms with Crippen molar-refractivity contribution < 1.29 is 4.74 Å². The summed E-state index contributed by atoms with van der Waals surface area (Å²) in [4.78, 5) is 4.34. The number of halogens is 2. The van der Waals surface area contributed by atoms with Crippen LogP contribution in [-0.2, 0) is 4.74 Å². The minimum atomic E-state index is 0.283. The molecule has 0 bridgehead atoms. The molecule has 1 unspecified atom stereocenters. The molecule has 0 aromatic carbocycles. The van der Waals surface area contributed by atoms with E-state index in [2.05, 4.69) is 38.0 Å². The number of nitrogens with zero attached hydrogens (tertiary/aromatic N) is 3. The molecule has 0 radical (unpaired) electrons. The van der Waals surface area contributed by atoms with E-state index in [4.69, 9.17) is 16.3 Å². The van der Waals surface area contributed by atoms with E-state index in [0.29, 0.717) is 5.15 Å². The van der Waals surface area contributed by atoms with E-state index in [-0.39, 0.29) is 6.10 Å². The van der Waals surface area contributed by atoms with E-state index in [1.807, 2.05) is 0 Å². The molecule has 0 aliphatic carbocycles. The van der Waals surface area contributed by atoms with Gasteiger partial charge in [-0.3, -0.25) is 0 Å². The fourth-order valence-electron chi connectivity index (χ4n) is 2.07. The zero-order valence-corrected chi connectivity index (χ0v) is 12.5. The lowest BCUT2D eigenvalue weighted by Gasteiger charge is -2.12. The van der Waals surface area contributed by atoms with Gasteiger partial charge in [0.05, 0.1) is 18.0 Å². The number of imidazole rings is 1. The Morgan fingerprint density at radius 3 is 3.28 bits per heavy atom. The van der Waals surface area contributed by atoms with Gasteiger partial charge in [0, 0.05) is 19.2 Å². The standard InChI is InChI=1S/C11H12ClIN4O/c12-9-4-8(14-5-7-2-1-3-18-7)11-15-6-10(13)17(11)16-9/h4,6-7,14H,1-3,5H2. The summed E-state index contributed by atoms with van der Waals surface area (Å²) in [6, 6.07) is 1.80. The molecule has 1 atom stereocenters. The predicted molar refractivity (Wildman–Crippen MR) is 78.2 cm³/mol. The summed E-state index contributed by atoms with van der Waals surface area (Å²) in [5.41, 5.74) is 1.69. The number of aromatic nitrogens is 3. The summed E-state index contributed by atoms with van der Waals surface area (Å²) in [6.45, 7) is 1.64. The van der Waals surface area contributed by atoms with Crippen LogP contribution in [0.5, 0.6) is 0 Å². The molecule has 1 N–H and O–H groups in total. The normalized spacial score (nSPS) is 19.6. The van der Waals surface area contributed by atoms with Crippen LogP contribution in [0.25, 0.3) is 5.65 Å². The molecule has 1 aliphatic rings. The summed E-state index contributed by atoms with van der Waals surface area (Å²) >= 11 is 8.19.